The summed E-state index contributed by atoms with van der Waals surface area (Å²) in [5.74, 6) is -2.25. The van der Waals surface area contributed by atoms with E-state index >= 15 is 0 Å². The van der Waals surface area contributed by atoms with E-state index in [9.17, 15) is 30.8 Å². The van der Waals surface area contributed by atoms with Crippen LogP contribution >= 0.6 is 0 Å². The van der Waals surface area contributed by atoms with Crippen molar-refractivity contribution in [2.24, 2.45) is 5.73 Å². The fraction of sp³-hybridized carbons (Fsp3) is 0.111. The second kappa shape index (κ2) is 7.88. The molecule has 12 heteroatoms. The normalized spacial score (nSPS) is 12.0. The Morgan fingerprint density at radius 1 is 1.17 bits per heavy atom. The molecule has 0 radical (unpaired) electrons. The summed E-state index contributed by atoms with van der Waals surface area (Å²) in [6.45, 7) is -0.820. The SMILES string of the molecule is NCC(=O)N(c1cc(F)ccc1-c1ncco1)S(=O)(=O)c1cccc(C(F)(F)F)c1. The van der Waals surface area contributed by atoms with Gasteiger partial charge in [0.25, 0.3) is 15.9 Å². The monoisotopic (exact) mass is 443 g/mol. The molecule has 0 aliphatic rings. The average molecular weight is 443 g/mol. The molecule has 158 valence electrons. The maximum Gasteiger partial charge on any atom is 0.416 e. The zero-order chi connectivity index (χ0) is 22.1. The lowest BCUT2D eigenvalue weighted by atomic mass is 10.1. The van der Waals surface area contributed by atoms with Crippen molar-refractivity contribution < 1.29 is 35.2 Å². The number of nitrogens with two attached hydrogens (primary N) is 1. The minimum Gasteiger partial charge on any atom is -0.444 e. The number of alkyl halides is 3. The first-order valence-corrected chi connectivity index (χ1v) is 9.64. The van der Waals surface area contributed by atoms with Gasteiger partial charge in [0.05, 0.1) is 34.5 Å². The van der Waals surface area contributed by atoms with E-state index in [1.165, 1.54) is 12.5 Å². The quantitative estimate of drug-likeness (QED) is 0.607. The first-order chi connectivity index (χ1) is 14.1. The number of carbonyl (C=O) groups excluding carboxylic acids is 1. The maximum absolute atomic E-state index is 14.0. The Hall–Kier alpha value is -3.25. The van der Waals surface area contributed by atoms with Gasteiger partial charge in [-0.25, -0.2) is 22.1 Å². The van der Waals surface area contributed by atoms with Crippen molar-refractivity contribution in [1.29, 1.82) is 0 Å². The lowest BCUT2D eigenvalue weighted by Gasteiger charge is -2.24. The predicted molar refractivity (Wildman–Crippen MR) is 97.1 cm³/mol. The third kappa shape index (κ3) is 4.04. The highest BCUT2D eigenvalue weighted by Crippen LogP contribution is 2.36. The van der Waals surface area contributed by atoms with Gasteiger partial charge in [0.1, 0.15) is 12.1 Å². The number of aromatic nitrogens is 1. The standard InChI is InChI=1S/C18H13F4N3O4S/c19-12-4-5-14(17-24-6-7-29-17)15(9-12)25(16(26)10-23)30(27,28)13-3-1-2-11(8-13)18(20,21)22/h1-9H,10,23H2. The van der Waals surface area contributed by atoms with Crippen LogP contribution in [-0.2, 0) is 21.0 Å². The fourth-order valence-electron chi connectivity index (χ4n) is 2.63. The van der Waals surface area contributed by atoms with E-state index in [0.717, 1.165) is 30.3 Å². The molecule has 2 N–H and O–H groups in total. The summed E-state index contributed by atoms with van der Waals surface area (Å²) in [5.41, 5.74) is 3.49. The van der Waals surface area contributed by atoms with Gasteiger partial charge in [-0.3, -0.25) is 4.79 Å². The number of halogens is 4. The lowest BCUT2D eigenvalue weighted by molar-refractivity contribution is -0.137. The number of oxazole rings is 1. The molecular weight excluding hydrogens is 430 g/mol. The van der Waals surface area contributed by atoms with E-state index in [0.29, 0.717) is 12.1 Å². The van der Waals surface area contributed by atoms with Crippen molar-refractivity contribution in [3.8, 4) is 11.5 Å². The largest absolute Gasteiger partial charge is 0.444 e. The number of rotatable bonds is 5. The molecule has 0 bridgehead atoms. The third-order valence-electron chi connectivity index (χ3n) is 3.94. The molecule has 1 aromatic heterocycles. The van der Waals surface area contributed by atoms with E-state index in [1.54, 1.807) is 0 Å². The van der Waals surface area contributed by atoms with Crippen molar-refractivity contribution in [2.45, 2.75) is 11.1 Å². The summed E-state index contributed by atoms with van der Waals surface area (Å²) in [7, 11) is -4.91. The molecule has 0 saturated heterocycles. The van der Waals surface area contributed by atoms with Gasteiger partial charge >= 0.3 is 6.18 Å². The molecule has 3 aromatic rings. The topological polar surface area (TPSA) is 106 Å². The Morgan fingerprint density at radius 2 is 1.90 bits per heavy atom. The van der Waals surface area contributed by atoms with Crippen molar-refractivity contribution in [3.05, 3.63) is 66.3 Å². The second-order valence-corrected chi connectivity index (χ2v) is 7.68. The van der Waals surface area contributed by atoms with Gasteiger partial charge < -0.3 is 10.2 Å². The Bertz CT molecular complexity index is 1180. The average Bonchev–Trinajstić information content (AvgIpc) is 3.22. The van der Waals surface area contributed by atoms with Crippen molar-refractivity contribution in [3.63, 3.8) is 0 Å². The van der Waals surface area contributed by atoms with Crippen LogP contribution in [0.2, 0.25) is 0 Å². The first kappa shape index (κ1) is 21.5. The minimum atomic E-state index is -4.91. The van der Waals surface area contributed by atoms with Crippen LogP contribution < -0.4 is 10.0 Å². The van der Waals surface area contributed by atoms with Crippen LogP contribution in [0.3, 0.4) is 0 Å². The number of carbonyl (C=O) groups is 1. The molecule has 0 unspecified atom stereocenters. The Labute approximate surface area is 167 Å². The van der Waals surface area contributed by atoms with Gasteiger partial charge in [-0.15, -0.1) is 0 Å². The van der Waals surface area contributed by atoms with Gasteiger partial charge in [-0.2, -0.15) is 13.2 Å². The van der Waals surface area contributed by atoms with Crippen LogP contribution in [0.15, 0.2) is 64.2 Å². The molecule has 2 aromatic carbocycles. The van der Waals surface area contributed by atoms with Crippen molar-refractivity contribution >= 4 is 21.6 Å². The highest BCUT2D eigenvalue weighted by molar-refractivity contribution is 7.93. The highest BCUT2D eigenvalue weighted by Gasteiger charge is 2.36. The highest BCUT2D eigenvalue weighted by atomic mass is 32.2. The van der Waals surface area contributed by atoms with E-state index < -0.39 is 50.6 Å². The Kier molecular flexibility index (Phi) is 5.63. The summed E-state index contributed by atoms with van der Waals surface area (Å²) < 4.78 is 84.6. The molecule has 30 heavy (non-hydrogen) atoms. The molecule has 0 fully saturated rings. The van der Waals surface area contributed by atoms with Gasteiger partial charge in [0.15, 0.2) is 0 Å². The molecule has 3 rings (SSSR count). The van der Waals surface area contributed by atoms with E-state index in [-0.39, 0.29) is 15.8 Å². The molecule has 1 amide bonds. The number of hydrogen-bond acceptors (Lipinski definition) is 6. The van der Waals surface area contributed by atoms with Crippen LogP contribution in [0.4, 0.5) is 23.2 Å². The molecule has 0 aliphatic heterocycles. The molecule has 0 spiro atoms. The number of hydrogen-bond donors (Lipinski definition) is 1. The zero-order valence-electron chi connectivity index (χ0n) is 14.9. The maximum atomic E-state index is 14.0. The van der Waals surface area contributed by atoms with E-state index in [1.807, 2.05) is 0 Å². The lowest BCUT2D eigenvalue weighted by Crippen LogP contribution is -2.41. The zero-order valence-corrected chi connectivity index (χ0v) is 15.7. The van der Waals surface area contributed by atoms with Crippen LogP contribution in [0.1, 0.15) is 5.56 Å². The van der Waals surface area contributed by atoms with Crippen LogP contribution in [0, 0.1) is 5.82 Å². The van der Waals surface area contributed by atoms with Crippen LogP contribution in [-0.4, -0.2) is 25.9 Å². The van der Waals surface area contributed by atoms with Gasteiger partial charge in [-0.05, 0) is 36.4 Å². The number of nitrogens with zero attached hydrogens (tertiary/aromatic N) is 2. The molecule has 0 atom stereocenters. The van der Waals surface area contributed by atoms with Crippen molar-refractivity contribution in [1.82, 2.24) is 4.98 Å². The summed E-state index contributed by atoms with van der Waals surface area (Å²) >= 11 is 0. The molecule has 7 nitrogen and oxygen atoms in total. The molecule has 1 heterocycles. The molecule has 0 aliphatic carbocycles. The first-order valence-electron chi connectivity index (χ1n) is 8.20. The van der Waals surface area contributed by atoms with E-state index in [4.69, 9.17) is 10.2 Å². The van der Waals surface area contributed by atoms with Gasteiger partial charge in [0, 0.05) is 0 Å². The fourth-order valence-corrected chi connectivity index (χ4v) is 4.12. The summed E-state index contributed by atoms with van der Waals surface area (Å²) in [6.07, 6.45) is -2.42. The number of benzene rings is 2. The number of anilines is 1. The van der Waals surface area contributed by atoms with Crippen molar-refractivity contribution in [2.75, 3.05) is 10.8 Å². The summed E-state index contributed by atoms with van der Waals surface area (Å²) in [5, 5.41) is 0. The predicted octanol–water partition coefficient (Wildman–Crippen LogP) is 3.18. The molecule has 0 saturated carbocycles. The summed E-state index contributed by atoms with van der Waals surface area (Å²) in [4.78, 5) is 15.5. The number of amides is 1. The van der Waals surface area contributed by atoms with Crippen LogP contribution in [0.5, 0.6) is 0 Å². The van der Waals surface area contributed by atoms with Crippen LogP contribution in [0.25, 0.3) is 11.5 Å². The van der Waals surface area contributed by atoms with Gasteiger partial charge in [0.2, 0.25) is 5.89 Å². The third-order valence-corrected chi connectivity index (χ3v) is 5.67. The summed E-state index contributed by atoms with van der Waals surface area (Å²) in [6, 6.07) is 5.62. The Morgan fingerprint density at radius 3 is 2.50 bits per heavy atom. The Balaban J connectivity index is 2.25. The minimum absolute atomic E-state index is 0.0845. The smallest absolute Gasteiger partial charge is 0.416 e. The van der Waals surface area contributed by atoms with E-state index in [2.05, 4.69) is 4.98 Å². The van der Waals surface area contributed by atoms with Gasteiger partial charge in [-0.1, -0.05) is 6.07 Å². The number of sulfonamides is 1. The second-order valence-electron chi connectivity index (χ2n) is 5.89. The molecular formula is C18H13F4N3O4S.